The Hall–Kier alpha value is -1.50. The Morgan fingerprint density at radius 2 is 2.13 bits per heavy atom. The van der Waals surface area contributed by atoms with Crippen LogP contribution in [0.5, 0.6) is 5.75 Å². The molecule has 6 nitrogen and oxygen atoms in total. The van der Waals surface area contributed by atoms with E-state index in [9.17, 15) is 4.79 Å². The average molecular weight is 343 g/mol. The standard InChI is InChI=1S/C16H23ClN2O4/c1-3-23-16(20)13(18)8-11-9-15(21-2)14(10-12(11)17)19-4-6-22-7-5-19/h9-10,13H,3-8,18H2,1-2H3. The SMILES string of the molecule is CCOC(=O)C(N)Cc1cc(OC)c(N2CCOCC2)cc1Cl. The zero-order valence-electron chi connectivity index (χ0n) is 13.5. The van der Waals surface area contributed by atoms with Crippen molar-refractivity contribution in [3.8, 4) is 5.75 Å². The summed E-state index contributed by atoms with van der Waals surface area (Å²) in [5, 5.41) is 0.562. The van der Waals surface area contributed by atoms with Crippen LogP contribution in [-0.4, -0.2) is 52.0 Å². The molecule has 1 saturated heterocycles. The van der Waals surface area contributed by atoms with Crippen LogP contribution in [0.25, 0.3) is 0 Å². The molecule has 2 N–H and O–H groups in total. The van der Waals surface area contributed by atoms with Gasteiger partial charge in [0.15, 0.2) is 0 Å². The second kappa shape index (κ2) is 8.38. The Morgan fingerprint density at radius 3 is 2.74 bits per heavy atom. The Morgan fingerprint density at radius 1 is 1.43 bits per heavy atom. The molecule has 1 unspecified atom stereocenters. The van der Waals surface area contributed by atoms with E-state index in [4.69, 9.17) is 31.5 Å². The third kappa shape index (κ3) is 4.50. The molecular weight excluding hydrogens is 320 g/mol. The maximum Gasteiger partial charge on any atom is 0.323 e. The molecule has 1 aliphatic heterocycles. The Kier molecular flexibility index (Phi) is 6.50. The van der Waals surface area contributed by atoms with Gasteiger partial charge in [0, 0.05) is 18.1 Å². The molecule has 0 radical (unpaired) electrons. The Balaban J connectivity index is 2.20. The van der Waals surface area contributed by atoms with Gasteiger partial charge in [-0.1, -0.05) is 11.6 Å². The van der Waals surface area contributed by atoms with Crippen LogP contribution < -0.4 is 15.4 Å². The predicted octanol–water partition coefficient (Wildman–Crippen LogP) is 1.62. The number of ether oxygens (including phenoxy) is 3. The molecule has 1 aromatic carbocycles. The highest BCUT2D eigenvalue weighted by atomic mass is 35.5. The number of methoxy groups -OCH3 is 1. The number of carbonyl (C=O) groups is 1. The lowest BCUT2D eigenvalue weighted by atomic mass is 10.0. The topological polar surface area (TPSA) is 74.0 Å². The molecule has 0 aromatic heterocycles. The number of halogens is 1. The van der Waals surface area contributed by atoms with E-state index in [1.54, 1.807) is 14.0 Å². The van der Waals surface area contributed by atoms with Gasteiger partial charge in [0.1, 0.15) is 11.8 Å². The quantitative estimate of drug-likeness (QED) is 0.792. The summed E-state index contributed by atoms with van der Waals surface area (Å²) in [6.45, 7) is 4.98. The summed E-state index contributed by atoms with van der Waals surface area (Å²) < 4.78 is 15.8. The minimum atomic E-state index is -0.744. The molecule has 7 heteroatoms. The van der Waals surface area contributed by atoms with Crippen LogP contribution in [0.4, 0.5) is 5.69 Å². The molecule has 1 fully saturated rings. The van der Waals surface area contributed by atoms with Gasteiger partial charge in [-0.3, -0.25) is 4.79 Å². The first-order valence-electron chi connectivity index (χ1n) is 7.68. The van der Waals surface area contributed by atoms with Crippen molar-refractivity contribution in [1.82, 2.24) is 0 Å². The van der Waals surface area contributed by atoms with Gasteiger partial charge in [-0.15, -0.1) is 0 Å². The lowest BCUT2D eigenvalue weighted by Crippen LogP contribution is -2.36. The van der Waals surface area contributed by atoms with Crippen LogP contribution in [-0.2, 0) is 20.7 Å². The van der Waals surface area contributed by atoms with Crippen LogP contribution in [0.3, 0.4) is 0 Å². The van der Waals surface area contributed by atoms with Crippen molar-refractivity contribution in [2.75, 3.05) is 44.9 Å². The number of benzene rings is 1. The lowest BCUT2D eigenvalue weighted by molar-refractivity contribution is -0.144. The zero-order valence-corrected chi connectivity index (χ0v) is 14.3. The minimum absolute atomic E-state index is 0.303. The maximum atomic E-state index is 11.7. The largest absolute Gasteiger partial charge is 0.495 e. The molecule has 0 spiro atoms. The van der Waals surface area contributed by atoms with Gasteiger partial charge in [-0.25, -0.2) is 0 Å². The van der Waals surface area contributed by atoms with E-state index >= 15 is 0 Å². The summed E-state index contributed by atoms with van der Waals surface area (Å²) >= 11 is 6.38. The van der Waals surface area contributed by atoms with Crippen molar-refractivity contribution in [2.24, 2.45) is 5.73 Å². The van der Waals surface area contributed by atoms with E-state index in [0.29, 0.717) is 37.0 Å². The number of esters is 1. The van der Waals surface area contributed by atoms with Crippen molar-refractivity contribution in [3.63, 3.8) is 0 Å². The smallest absolute Gasteiger partial charge is 0.323 e. The van der Waals surface area contributed by atoms with E-state index in [1.807, 2.05) is 12.1 Å². The van der Waals surface area contributed by atoms with Crippen molar-refractivity contribution in [3.05, 3.63) is 22.7 Å². The fourth-order valence-corrected chi connectivity index (χ4v) is 2.76. The van der Waals surface area contributed by atoms with Crippen molar-refractivity contribution < 1.29 is 19.0 Å². The van der Waals surface area contributed by atoms with Gasteiger partial charge in [-0.05, 0) is 31.0 Å². The number of carbonyl (C=O) groups excluding carboxylic acids is 1. The highest BCUT2D eigenvalue weighted by Gasteiger charge is 2.21. The molecular formula is C16H23ClN2O4. The second-order valence-electron chi connectivity index (χ2n) is 5.28. The van der Waals surface area contributed by atoms with Crippen LogP contribution in [0.15, 0.2) is 12.1 Å². The molecule has 0 saturated carbocycles. The molecule has 23 heavy (non-hydrogen) atoms. The average Bonchev–Trinajstić information content (AvgIpc) is 2.57. The predicted molar refractivity (Wildman–Crippen MR) is 89.3 cm³/mol. The van der Waals surface area contributed by atoms with Crippen molar-refractivity contribution >= 4 is 23.3 Å². The van der Waals surface area contributed by atoms with Gasteiger partial charge in [-0.2, -0.15) is 0 Å². The number of morpholine rings is 1. The second-order valence-corrected chi connectivity index (χ2v) is 5.68. The summed E-state index contributed by atoms with van der Waals surface area (Å²) in [4.78, 5) is 13.9. The summed E-state index contributed by atoms with van der Waals surface area (Å²) in [5.41, 5.74) is 7.57. The minimum Gasteiger partial charge on any atom is -0.495 e. The van der Waals surface area contributed by atoms with E-state index in [2.05, 4.69) is 4.90 Å². The van der Waals surface area contributed by atoms with Crippen LogP contribution in [0.1, 0.15) is 12.5 Å². The van der Waals surface area contributed by atoms with E-state index in [-0.39, 0.29) is 0 Å². The van der Waals surface area contributed by atoms with Crippen LogP contribution in [0, 0.1) is 0 Å². The van der Waals surface area contributed by atoms with E-state index in [1.165, 1.54) is 0 Å². The number of anilines is 1. The summed E-state index contributed by atoms with van der Waals surface area (Å²) in [6.07, 6.45) is 0.303. The Labute approximate surface area is 141 Å². The fraction of sp³-hybridized carbons (Fsp3) is 0.562. The highest BCUT2D eigenvalue weighted by molar-refractivity contribution is 6.31. The molecule has 1 atom stereocenters. The van der Waals surface area contributed by atoms with Gasteiger partial charge < -0.3 is 24.8 Å². The summed E-state index contributed by atoms with van der Waals surface area (Å²) in [5.74, 6) is 0.280. The number of hydrogen-bond donors (Lipinski definition) is 1. The van der Waals surface area contributed by atoms with Crippen molar-refractivity contribution in [2.45, 2.75) is 19.4 Å². The molecule has 0 amide bonds. The van der Waals surface area contributed by atoms with Gasteiger partial charge >= 0.3 is 5.97 Å². The Bertz CT molecular complexity index is 547. The molecule has 2 rings (SSSR count). The monoisotopic (exact) mass is 342 g/mol. The lowest BCUT2D eigenvalue weighted by Gasteiger charge is -2.30. The number of nitrogens with zero attached hydrogens (tertiary/aromatic N) is 1. The summed E-state index contributed by atoms with van der Waals surface area (Å²) in [6, 6.07) is 2.96. The molecule has 0 aliphatic carbocycles. The first-order valence-corrected chi connectivity index (χ1v) is 8.06. The molecule has 1 aromatic rings. The van der Waals surface area contributed by atoms with Gasteiger partial charge in [0.25, 0.3) is 0 Å². The van der Waals surface area contributed by atoms with Gasteiger partial charge in [0.05, 0.1) is 32.6 Å². The molecule has 128 valence electrons. The number of rotatable bonds is 6. The highest BCUT2D eigenvalue weighted by Crippen LogP contribution is 2.35. The van der Waals surface area contributed by atoms with Crippen LogP contribution in [0.2, 0.25) is 5.02 Å². The number of nitrogens with two attached hydrogens (primary N) is 1. The van der Waals surface area contributed by atoms with E-state index < -0.39 is 12.0 Å². The molecule has 1 heterocycles. The first kappa shape index (κ1) is 17.8. The molecule has 1 aliphatic rings. The third-order valence-electron chi connectivity index (χ3n) is 3.73. The number of hydrogen-bond acceptors (Lipinski definition) is 6. The van der Waals surface area contributed by atoms with E-state index in [0.717, 1.165) is 24.3 Å². The normalized spacial score (nSPS) is 16.1. The molecule has 0 bridgehead atoms. The summed E-state index contributed by atoms with van der Waals surface area (Å²) in [7, 11) is 1.61. The van der Waals surface area contributed by atoms with Crippen molar-refractivity contribution in [1.29, 1.82) is 0 Å². The third-order valence-corrected chi connectivity index (χ3v) is 4.08. The zero-order chi connectivity index (χ0) is 16.8. The maximum absolute atomic E-state index is 11.7. The fourth-order valence-electron chi connectivity index (χ4n) is 2.53. The van der Waals surface area contributed by atoms with Crippen LogP contribution >= 0.6 is 11.6 Å². The first-order chi connectivity index (χ1) is 11.1. The van der Waals surface area contributed by atoms with Gasteiger partial charge in [0.2, 0.25) is 0 Å².